The van der Waals surface area contributed by atoms with Crippen LogP contribution in [-0.4, -0.2) is 29.6 Å². The summed E-state index contributed by atoms with van der Waals surface area (Å²) in [6.07, 6.45) is 1.02. The standard InChI is InChI=1S/C12H18BNO3/c1-3-9(2)8-14-12(15)10-4-6-11(7-5-10)13(16)17/h4-7,9,16-17H,3,8H2,1-2H3,(H,14,15). The first-order chi connectivity index (χ1) is 8.04. The van der Waals surface area contributed by atoms with Gasteiger partial charge in [0.05, 0.1) is 0 Å². The summed E-state index contributed by atoms with van der Waals surface area (Å²) < 4.78 is 0. The van der Waals surface area contributed by atoms with Gasteiger partial charge in [0.15, 0.2) is 0 Å². The van der Waals surface area contributed by atoms with Crippen LogP contribution in [0.4, 0.5) is 0 Å². The molecule has 92 valence electrons. The Bertz CT molecular complexity index is 365. The first-order valence-corrected chi connectivity index (χ1v) is 5.79. The Balaban J connectivity index is 2.58. The summed E-state index contributed by atoms with van der Waals surface area (Å²) in [5.74, 6) is 0.321. The Morgan fingerprint density at radius 1 is 1.35 bits per heavy atom. The fraction of sp³-hybridized carbons (Fsp3) is 0.417. The van der Waals surface area contributed by atoms with Crippen LogP contribution in [-0.2, 0) is 0 Å². The van der Waals surface area contributed by atoms with Gasteiger partial charge in [-0.3, -0.25) is 4.79 Å². The average Bonchev–Trinajstić information content (AvgIpc) is 2.35. The van der Waals surface area contributed by atoms with Crippen molar-refractivity contribution in [3.8, 4) is 0 Å². The van der Waals surface area contributed by atoms with Crippen LogP contribution in [0.5, 0.6) is 0 Å². The number of benzene rings is 1. The van der Waals surface area contributed by atoms with Crippen molar-refractivity contribution in [1.82, 2.24) is 5.32 Å². The Labute approximate surface area is 102 Å². The van der Waals surface area contributed by atoms with E-state index in [1.54, 1.807) is 12.1 Å². The summed E-state index contributed by atoms with van der Waals surface area (Å²) in [7, 11) is -1.49. The maximum Gasteiger partial charge on any atom is 0.488 e. The SMILES string of the molecule is CCC(C)CNC(=O)c1ccc(B(O)O)cc1. The summed E-state index contributed by atoms with van der Waals surface area (Å²) in [5.41, 5.74) is 0.904. The van der Waals surface area contributed by atoms with Gasteiger partial charge in [-0.15, -0.1) is 0 Å². The largest absolute Gasteiger partial charge is 0.488 e. The van der Waals surface area contributed by atoms with Crippen molar-refractivity contribution >= 4 is 18.5 Å². The fourth-order valence-electron chi connectivity index (χ4n) is 1.32. The topological polar surface area (TPSA) is 69.6 Å². The number of nitrogens with one attached hydrogen (secondary N) is 1. The van der Waals surface area contributed by atoms with Crippen LogP contribution in [0.1, 0.15) is 30.6 Å². The zero-order valence-corrected chi connectivity index (χ0v) is 10.2. The van der Waals surface area contributed by atoms with Gasteiger partial charge in [-0.25, -0.2) is 0 Å². The molecule has 0 fully saturated rings. The number of carbonyl (C=O) groups is 1. The second-order valence-corrected chi connectivity index (χ2v) is 4.22. The van der Waals surface area contributed by atoms with Gasteiger partial charge >= 0.3 is 7.12 Å². The monoisotopic (exact) mass is 235 g/mol. The lowest BCUT2D eigenvalue weighted by Crippen LogP contribution is -2.31. The van der Waals surface area contributed by atoms with Gasteiger partial charge in [0, 0.05) is 12.1 Å². The molecule has 1 atom stereocenters. The van der Waals surface area contributed by atoms with Crippen molar-refractivity contribution < 1.29 is 14.8 Å². The number of hydrogen-bond donors (Lipinski definition) is 3. The minimum Gasteiger partial charge on any atom is -0.423 e. The molecule has 0 spiro atoms. The first-order valence-electron chi connectivity index (χ1n) is 5.79. The normalized spacial score (nSPS) is 12.0. The molecule has 0 radical (unpaired) electrons. The van der Waals surface area contributed by atoms with E-state index in [0.29, 0.717) is 23.5 Å². The van der Waals surface area contributed by atoms with E-state index in [-0.39, 0.29) is 5.91 Å². The van der Waals surface area contributed by atoms with Crippen molar-refractivity contribution in [2.75, 3.05) is 6.54 Å². The van der Waals surface area contributed by atoms with Crippen molar-refractivity contribution in [1.29, 1.82) is 0 Å². The Kier molecular flexibility index (Phi) is 5.19. The smallest absolute Gasteiger partial charge is 0.423 e. The summed E-state index contributed by atoms with van der Waals surface area (Å²) in [5, 5.41) is 20.7. The van der Waals surface area contributed by atoms with Crippen LogP contribution in [0.2, 0.25) is 0 Å². The second kappa shape index (κ2) is 6.42. The summed E-state index contributed by atoms with van der Waals surface area (Å²) in [6.45, 7) is 4.81. The van der Waals surface area contributed by atoms with E-state index in [0.717, 1.165) is 6.42 Å². The third kappa shape index (κ3) is 4.21. The Hall–Kier alpha value is -1.33. The minimum atomic E-state index is -1.49. The molecule has 1 aromatic carbocycles. The van der Waals surface area contributed by atoms with Gasteiger partial charge in [-0.05, 0) is 23.5 Å². The van der Waals surface area contributed by atoms with Crippen molar-refractivity contribution in [2.45, 2.75) is 20.3 Å². The highest BCUT2D eigenvalue weighted by atomic mass is 16.4. The summed E-state index contributed by atoms with van der Waals surface area (Å²) in [4.78, 5) is 11.7. The maximum absolute atomic E-state index is 11.7. The molecule has 1 aromatic rings. The third-order valence-electron chi connectivity index (χ3n) is 2.78. The average molecular weight is 235 g/mol. The van der Waals surface area contributed by atoms with Crippen LogP contribution < -0.4 is 10.8 Å². The Morgan fingerprint density at radius 2 is 1.94 bits per heavy atom. The lowest BCUT2D eigenvalue weighted by molar-refractivity contribution is 0.0948. The van der Waals surface area contributed by atoms with Crippen LogP contribution in [0.25, 0.3) is 0 Å². The molecular weight excluding hydrogens is 217 g/mol. The number of carbonyl (C=O) groups excluding carboxylic acids is 1. The van der Waals surface area contributed by atoms with Crippen molar-refractivity contribution in [2.24, 2.45) is 5.92 Å². The molecular formula is C12H18BNO3. The molecule has 1 unspecified atom stereocenters. The van der Waals surface area contributed by atoms with Crippen LogP contribution in [0.3, 0.4) is 0 Å². The van der Waals surface area contributed by atoms with Gasteiger partial charge in [0.2, 0.25) is 0 Å². The highest BCUT2D eigenvalue weighted by Crippen LogP contribution is 2.00. The molecule has 0 saturated heterocycles. The lowest BCUT2D eigenvalue weighted by Gasteiger charge is -2.10. The van der Waals surface area contributed by atoms with Crippen molar-refractivity contribution in [3.63, 3.8) is 0 Å². The van der Waals surface area contributed by atoms with E-state index in [1.807, 2.05) is 0 Å². The quantitative estimate of drug-likeness (QED) is 0.636. The first kappa shape index (κ1) is 13.7. The predicted octanol–water partition coefficient (Wildman–Crippen LogP) is 0.142. The number of hydrogen-bond acceptors (Lipinski definition) is 3. The van der Waals surface area contributed by atoms with E-state index >= 15 is 0 Å². The molecule has 5 heteroatoms. The Morgan fingerprint density at radius 3 is 2.41 bits per heavy atom. The van der Waals surface area contributed by atoms with E-state index in [9.17, 15) is 4.79 Å². The molecule has 1 rings (SSSR count). The third-order valence-corrected chi connectivity index (χ3v) is 2.78. The van der Waals surface area contributed by atoms with E-state index in [1.165, 1.54) is 12.1 Å². The number of rotatable bonds is 5. The fourth-order valence-corrected chi connectivity index (χ4v) is 1.32. The van der Waals surface area contributed by atoms with Crippen LogP contribution in [0, 0.1) is 5.92 Å². The van der Waals surface area contributed by atoms with E-state index in [2.05, 4.69) is 19.2 Å². The predicted molar refractivity (Wildman–Crippen MR) is 68.1 cm³/mol. The molecule has 17 heavy (non-hydrogen) atoms. The zero-order chi connectivity index (χ0) is 12.8. The van der Waals surface area contributed by atoms with Gasteiger partial charge in [-0.1, -0.05) is 32.4 Å². The highest BCUT2D eigenvalue weighted by molar-refractivity contribution is 6.58. The van der Waals surface area contributed by atoms with Crippen LogP contribution in [0.15, 0.2) is 24.3 Å². The molecule has 0 aliphatic rings. The molecule has 1 amide bonds. The summed E-state index contributed by atoms with van der Waals surface area (Å²) in [6, 6.07) is 6.23. The molecule has 3 N–H and O–H groups in total. The van der Waals surface area contributed by atoms with Crippen molar-refractivity contribution in [3.05, 3.63) is 29.8 Å². The molecule has 0 aliphatic heterocycles. The highest BCUT2D eigenvalue weighted by Gasteiger charge is 2.12. The molecule has 0 aromatic heterocycles. The van der Waals surface area contributed by atoms with Gasteiger partial charge in [-0.2, -0.15) is 0 Å². The molecule has 0 aliphatic carbocycles. The van der Waals surface area contributed by atoms with Gasteiger partial charge in [0.25, 0.3) is 5.91 Å². The second-order valence-electron chi connectivity index (χ2n) is 4.22. The minimum absolute atomic E-state index is 0.135. The maximum atomic E-state index is 11.7. The van der Waals surface area contributed by atoms with E-state index < -0.39 is 7.12 Å². The van der Waals surface area contributed by atoms with Gasteiger partial charge < -0.3 is 15.4 Å². The molecule has 0 bridgehead atoms. The molecule has 0 saturated carbocycles. The van der Waals surface area contributed by atoms with Gasteiger partial charge in [0.1, 0.15) is 0 Å². The van der Waals surface area contributed by atoms with Crippen LogP contribution >= 0.6 is 0 Å². The van der Waals surface area contributed by atoms with E-state index in [4.69, 9.17) is 10.0 Å². The lowest BCUT2D eigenvalue weighted by atomic mass is 9.80. The zero-order valence-electron chi connectivity index (χ0n) is 10.2. The molecule has 0 heterocycles. The number of amides is 1. The molecule has 4 nitrogen and oxygen atoms in total. The summed E-state index contributed by atoms with van der Waals surface area (Å²) >= 11 is 0.